The third-order valence-electron chi connectivity index (χ3n) is 3.86. The number of benzene rings is 2. The first-order chi connectivity index (χ1) is 11.6. The molecule has 2 rings (SSSR count). The second kappa shape index (κ2) is 7.59. The van der Waals surface area contributed by atoms with Gasteiger partial charge in [0.2, 0.25) is 5.78 Å². The number of esters is 1. The molecule has 0 saturated heterocycles. The maximum Gasteiger partial charge on any atom is 0.340 e. The number of ketones is 1. The van der Waals surface area contributed by atoms with Crippen molar-refractivity contribution in [2.45, 2.75) is 39.2 Å². The minimum absolute atomic E-state index is 0.00296. The van der Waals surface area contributed by atoms with Gasteiger partial charge in [0.25, 0.3) is 0 Å². The van der Waals surface area contributed by atoms with E-state index < -0.39 is 12.1 Å². The van der Waals surface area contributed by atoms with Crippen molar-refractivity contribution in [3.8, 4) is 0 Å². The predicted molar refractivity (Wildman–Crippen MR) is 101 cm³/mol. The summed E-state index contributed by atoms with van der Waals surface area (Å²) in [6, 6.07) is 12.0. The van der Waals surface area contributed by atoms with Crippen LogP contribution in [0, 0.1) is 0 Å². The molecule has 2 aromatic rings. The first-order valence-electron chi connectivity index (χ1n) is 7.91. The largest absolute Gasteiger partial charge is 0.451 e. The summed E-state index contributed by atoms with van der Waals surface area (Å²) in [5.41, 5.74) is 1.75. The van der Waals surface area contributed by atoms with Gasteiger partial charge >= 0.3 is 5.97 Å². The highest BCUT2D eigenvalue weighted by Gasteiger charge is 2.23. The molecule has 0 saturated carbocycles. The van der Waals surface area contributed by atoms with Gasteiger partial charge in [0.1, 0.15) is 0 Å². The Bertz CT molecular complexity index is 790. The van der Waals surface area contributed by atoms with Gasteiger partial charge in [0, 0.05) is 5.56 Å². The highest BCUT2D eigenvalue weighted by atomic mass is 35.5. The summed E-state index contributed by atoms with van der Waals surface area (Å²) >= 11 is 11.9. The van der Waals surface area contributed by atoms with E-state index >= 15 is 0 Å². The quantitative estimate of drug-likeness (QED) is 0.504. The fourth-order valence-electron chi connectivity index (χ4n) is 2.31. The van der Waals surface area contributed by atoms with Gasteiger partial charge in [-0.1, -0.05) is 74.3 Å². The first-order valence-corrected chi connectivity index (χ1v) is 8.66. The van der Waals surface area contributed by atoms with Crippen LogP contribution < -0.4 is 0 Å². The standard InChI is InChI=1S/C20H20Cl2O3/c1-12(25-19(24)15-6-5-7-16(21)17(15)22)18(23)13-8-10-14(11-9-13)20(2,3)4/h5-12H,1-4H3/t12-/m1/s1. The Hall–Kier alpha value is -1.84. The van der Waals surface area contributed by atoms with E-state index in [-0.39, 0.29) is 26.8 Å². The summed E-state index contributed by atoms with van der Waals surface area (Å²) in [7, 11) is 0. The minimum atomic E-state index is -0.928. The number of carbonyl (C=O) groups is 2. The average Bonchev–Trinajstić information content (AvgIpc) is 2.55. The Morgan fingerprint density at radius 3 is 2.16 bits per heavy atom. The number of hydrogen-bond acceptors (Lipinski definition) is 3. The van der Waals surface area contributed by atoms with E-state index in [1.165, 1.54) is 13.0 Å². The molecule has 2 aromatic carbocycles. The van der Waals surface area contributed by atoms with Crippen molar-refractivity contribution in [2.75, 3.05) is 0 Å². The zero-order chi connectivity index (χ0) is 18.8. The van der Waals surface area contributed by atoms with Gasteiger partial charge in [-0.25, -0.2) is 4.79 Å². The Labute approximate surface area is 157 Å². The SMILES string of the molecule is C[C@@H](OC(=O)c1cccc(Cl)c1Cl)C(=O)c1ccc(C(C)(C)C)cc1. The Morgan fingerprint density at radius 2 is 1.60 bits per heavy atom. The summed E-state index contributed by atoms with van der Waals surface area (Å²) in [6.07, 6.45) is -0.928. The number of halogens is 2. The van der Waals surface area contributed by atoms with Crippen molar-refractivity contribution in [3.63, 3.8) is 0 Å². The smallest absolute Gasteiger partial charge is 0.340 e. The van der Waals surface area contributed by atoms with Crippen molar-refractivity contribution in [1.82, 2.24) is 0 Å². The van der Waals surface area contributed by atoms with Gasteiger partial charge in [0.15, 0.2) is 6.10 Å². The highest BCUT2D eigenvalue weighted by Crippen LogP contribution is 2.27. The molecule has 0 amide bonds. The van der Waals surface area contributed by atoms with Crippen molar-refractivity contribution in [1.29, 1.82) is 0 Å². The molecule has 0 aromatic heterocycles. The number of ether oxygens (including phenoxy) is 1. The molecule has 0 spiro atoms. The van der Waals surface area contributed by atoms with E-state index in [4.69, 9.17) is 27.9 Å². The summed E-state index contributed by atoms with van der Waals surface area (Å²) in [6.45, 7) is 7.84. The molecule has 0 aliphatic rings. The van der Waals surface area contributed by atoms with Crippen molar-refractivity contribution < 1.29 is 14.3 Å². The molecule has 0 aliphatic heterocycles. The summed E-state index contributed by atoms with van der Waals surface area (Å²) < 4.78 is 5.25. The molecule has 0 unspecified atom stereocenters. The first kappa shape index (κ1) is 19.5. The minimum Gasteiger partial charge on any atom is -0.451 e. The molecular formula is C20H20Cl2O3. The van der Waals surface area contributed by atoms with Crippen molar-refractivity contribution >= 4 is 35.0 Å². The second-order valence-electron chi connectivity index (χ2n) is 6.84. The van der Waals surface area contributed by atoms with Gasteiger partial charge in [0.05, 0.1) is 15.6 Å². The maximum absolute atomic E-state index is 12.5. The Morgan fingerprint density at radius 1 is 1.00 bits per heavy atom. The number of Topliss-reactive ketones (excluding diaryl/α,β-unsaturated/α-hetero) is 1. The molecule has 1 atom stereocenters. The molecule has 0 bridgehead atoms. The fraction of sp³-hybridized carbons (Fsp3) is 0.300. The predicted octanol–water partition coefficient (Wildman–Crippen LogP) is 5.72. The van der Waals surface area contributed by atoms with Gasteiger partial charge in [-0.3, -0.25) is 4.79 Å². The van der Waals surface area contributed by atoms with E-state index in [0.717, 1.165) is 5.56 Å². The summed E-state index contributed by atoms with van der Waals surface area (Å²) in [4.78, 5) is 24.7. The normalized spacial score (nSPS) is 12.6. The molecule has 0 heterocycles. The van der Waals surface area contributed by atoms with Crippen LogP contribution in [0.5, 0.6) is 0 Å². The van der Waals surface area contributed by atoms with Gasteiger partial charge < -0.3 is 4.74 Å². The van der Waals surface area contributed by atoms with E-state index in [1.807, 2.05) is 12.1 Å². The zero-order valence-electron chi connectivity index (χ0n) is 14.6. The highest BCUT2D eigenvalue weighted by molar-refractivity contribution is 6.43. The van der Waals surface area contributed by atoms with Gasteiger partial charge in [-0.15, -0.1) is 0 Å². The van der Waals surface area contributed by atoms with E-state index in [2.05, 4.69) is 20.8 Å². The molecule has 0 N–H and O–H groups in total. The third kappa shape index (κ3) is 4.62. The van der Waals surface area contributed by atoms with Crippen LogP contribution in [0.4, 0.5) is 0 Å². The number of hydrogen-bond donors (Lipinski definition) is 0. The number of rotatable bonds is 4. The van der Waals surface area contributed by atoms with Crippen LogP contribution in [0.1, 0.15) is 54.0 Å². The van der Waals surface area contributed by atoms with Crippen LogP contribution in [-0.4, -0.2) is 17.9 Å². The molecule has 3 nitrogen and oxygen atoms in total. The fourth-order valence-corrected chi connectivity index (χ4v) is 2.69. The third-order valence-corrected chi connectivity index (χ3v) is 4.68. The van der Waals surface area contributed by atoms with E-state index in [0.29, 0.717) is 5.56 Å². The molecule has 5 heteroatoms. The van der Waals surface area contributed by atoms with Crippen LogP contribution >= 0.6 is 23.2 Å². The van der Waals surface area contributed by atoms with Crippen molar-refractivity contribution in [3.05, 3.63) is 69.2 Å². The lowest BCUT2D eigenvalue weighted by Crippen LogP contribution is -2.24. The van der Waals surface area contributed by atoms with Crippen LogP contribution in [0.2, 0.25) is 10.0 Å². The molecule has 0 fully saturated rings. The molecule has 0 radical (unpaired) electrons. The van der Waals surface area contributed by atoms with Crippen LogP contribution in [0.3, 0.4) is 0 Å². The van der Waals surface area contributed by atoms with Gasteiger partial charge in [-0.2, -0.15) is 0 Å². The number of carbonyl (C=O) groups excluding carboxylic acids is 2. The van der Waals surface area contributed by atoms with Crippen LogP contribution in [0.15, 0.2) is 42.5 Å². The molecule has 0 aliphatic carbocycles. The average molecular weight is 379 g/mol. The topological polar surface area (TPSA) is 43.4 Å². The molecular weight excluding hydrogens is 359 g/mol. The van der Waals surface area contributed by atoms with Crippen molar-refractivity contribution in [2.24, 2.45) is 0 Å². The molecule has 132 valence electrons. The van der Waals surface area contributed by atoms with E-state index in [1.54, 1.807) is 24.3 Å². The lowest BCUT2D eigenvalue weighted by molar-refractivity contribution is 0.0319. The van der Waals surface area contributed by atoms with Crippen LogP contribution in [0.25, 0.3) is 0 Å². The van der Waals surface area contributed by atoms with Gasteiger partial charge in [-0.05, 0) is 30.0 Å². The zero-order valence-corrected chi connectivity index (χ0v) is 16.1. The van der Waals surface area contributed by atoms with Crippen LogP contribution in [-0.2, 0) is 10.2 Å². The lowest BCUT2D eigenvalue weighted by Gasteiger charge is -2.19. The monoisotopic (exact) mass is 378 g/mol. The maximum atomic E-state index is 12.5. The second-order valence-corrected chi connectivity index (χ2v) is 7.63. The Balaban J connectivity index is 2.12. The summed E-state index contributed by atoms with van der Waals surface area (Å²) in [5.74, 6) is -0.952. The van der Waals surface area contributed by atoms with E-state index in [9.17, 15) is 9.59 Å². The lowest BCUT2D eigenvalue weighted by atomic mass is 9.86. The molecule has 25 heavy (non-hydrogen) atoms. The Kier molecular flexibility index (Phi) is 5.91. The summed E-state index contributed by atoms with van der Waals surface area (Å²) in [5, 5.41) is 0.371.